The van der Waals surface area contributed by atoms with Crippen molar-refractivity contribution in [2.45, 2.75) is 72.5 Å². The number of hydrogen-bond acceptors (Lipinski definition) is 4. The van der Waals surface area contributed by atoms with Crippen LogP contribution in [0.2, 0.25) is 5.02 Å². The standard InChI is InChI=1S/C27H38ClN3O4S/c1-19-10-15-24(17-20(19)2)31(36(7,34)35)16-8-9-25(32)30(18-22-11-13-23(28)14-12-22)21(3)26(33)29-27(4,5)6/h10-15,17,21H,8-9,16,18H2,1-7H3,(H,29,33). The van der Waals surface area contributed by atoms with E-state index in [1.165, 1.54) is 9.21 Å². The maximum absolute atomic E-state index is 13.3. The van der Waals surface area contributed by atoms with E-state index in [0.29, 0.717) is 17.1 Å². The lowest BCUT2D eigenvalue weighted by Crippen LogP contribution is -2.52. The summed E-state index contributed by atoms with van der Waals surface area (Å²) in [5, 5.41) is 3.52. The first-order chi connectivity index (χ1) is 16.6. The van der Waals surface area contributed by atoms with E-state index in [-0.39, 0.29) is 31.3 Å². The Bertz CT molecular complexity index is 1170. The van der Waals surface area contributed by atoms with Crippen LogP contribution in [0.15, 0.2) is 42.5 Å². The van der Waals surface area contributed by atoms with Crippen molar-refractivity contribution in [1.29, 1.82) is 0 Å². The Labute approximate surface area is 220 Å². The van der Waals surface area contributed by atoms with Gasteiger partial charge in [-0.15, -0.1) is 0 Å². The Balaban J connectivity index is 2.20. The number of aryl methyl sites for hydroxylation is 2. The number of halogens is 1. The molecule has 2 rings (SSSR count). The zero-order chi connectivity index (χ0) is 27.3. The van der Waals surface area contributed by atoms with Gasteiger partial charge < -0.3 is 10.2 Å². The van der Waals surface area contributed by atoms with Gasteiger partial charge in [0.2, 0.25) is 21.8 Å². The van der Waals surface area contributed by atoms with E-state index in [1.807, 2.05) is 58.9 Å². The fourth-order valence-electron chi connectivity index (χ4n) is 3.73. The minimum Gasteiger partial charge on any atom is -0.350 e. The number of sulfonamides is 1. The largest absolute Gasteiger partial charge is 0.350 e. The van der Waals surface area contributed by atoms with Crippen LogP contribution in [0.25, 0.3) is 0 Å². The van der Waals surface area contributed by atoms with Gasteiger partial charge in [-0.25, -0.2) is 8.42 Å². The van der Waals surface area contributed by atoms with Gasteiger partial charge in [0.1, 0.15) is 6.04 Å². The Hall–Kier alpha value is -2.58. The second-order valence-electron chi connectivity index (χ2n) is 10.3. The van der Waals surface area contributed by atoms with E-state index in [1.54, 1.807) is 25.1 Å². The highest BCUT2D eigenvalue weighted by molar-refractivity contribution is 7.92. The summed E-state index contributed by atoms with van der Waals surface area (Å²) in [4.78, 5) is 27.8. The summed E-state index contributed by atoms with van der Waals surface area (Å²) in [6, 6.07) is 11.9. The minimum absolute atomic E-state index is 0.0948. The smallest absolute Gasteiger partial charge is 0.242 e. The molecule has 198 valence electrons. The SMILES string of the molecule is Cc1ccc(N(CCCC(=O)N(Cc2ccc(Cl)cc2)C(C)C(=O)NC(C)(C)C)S(C)(=O)=O)cc1C. The number of rotatable bonds is 10. The zero-order valence-corrected chi connectivity index (χ0v) is 23.8. The Kier molecular flexibility index (Phi) is 9.97. The molecule has 7 nitrogen and oxygen atoms in total. The molecule has 0 aliphatic rings. The van der Waals surface area contributed by atoms with Crippen LogP contribution in [0.1, 0.15) is 57.2 Å². The lowest BCUT2D eigenvalue weighted by Gasteiger charge is -2.32. The van der Waals surface area contributed by atoms with Crippen LogP contribution in [-0.2, 0) is 26.2 Å². The van der Waals surface area contributed by atoms with Gasteiger partial charge in [0.25, 0.3) is 0 Å². The van der Waals surface area contributed by atoms with E-state index >= 15 is 0 Å². The topological polar surface area (TPSA) is 86.8 Å². The fourth-order valence-corrected chi connectivity index (χ4v) is 4.81. The van der Waals surface area contributed by atoms with Crippen molar-refractivity contribution in [3.63, 3.8) is 0 Å². The zero-order valence-electron chi connectivity index (χ0n) is 22.3. The molecule has 0 heterocycles. The summed E-state index contributed by atoms with van der Waals surface area (Å²) in [6.07, 6.45) is 1.57. The number of anilines is 1. The summed E-state index contributed by atoms with van der Waals surface area (Å²) in [5.41, 5.74) is 3.04. The average molecular weight is 536 g/mol. The molecular formula is C27H38ClN3O4S. The minimum atomic E-state index is -3.54. The molecular weight excluding hydrogens is 498 g/mol. The number of carbonyl (C=O) groups is 2. The predicted octanol–water partition coefficient (Wildman–Crippen LogP) is 4.84. The highest BCUT2D eigenvalue weighted by atomic mass is 35.5. The first-order valence-electron chi connectivity index (χ1n) is 12.0. The number of nitrogens with one attached hydrogen (secondary N) is 1. The van der Waals surface area contributed by atoms with Crippen LogP contribution >= 0.6 is 11.6 Å². The predicted molar refractivity (Wildman–Crippen MR) is 147 cm³/mol. The molecule has 0 bridgehead atoms. The van der Waals surface area contributed by atoms with Gasteiger partial charge in [0, 0.05) is 30.1 Å². The maximum Gasteiger partial charge on any atom is 0.242 e. The van der Waals surface area contributed by atoms with Crippen molar-refractivity contribution in [2.24, 2.45) is 0 Å². The third kappa shape index (κ3) is 8.82. The van der Waals surface area contributed by atoms with Gasteiger partial charge in [-0.3, -0.25) is 13.9 Å². The van der Waals surface area contributed by atoms with Gasteiger partial charge >= 0.3 is 0 Å². The van der Waals surface area contributed by atoms with Gasteiger partial charge in [0.15, 0.2) is 0 Å². The first-order valence-corrected chi connectivity index (χ1v) is 14.2. The number of amides is 2. The fraction of sp³-hybridized carbons (Fsp3) is 0.481. The molecule has 0 saturated carbocycles. The van der Waals surface area contributed by atoms with Crippen molar-refractivity contribution in [3.8, 4) is 0 Å². The van der Waals surface area contributed by atoms with Crippen molar-refractivity contribution < 1.29 is 18.0 Å². The number of carbonyl (C=O) groups excluding carboxylic acids is 2. The van der Waals surface area contributed by atoms with Gasteiger partial charge in [-0.1, -0.05) is 29.8 Å². The third-order valence-electron chi connectivity index (χ3n) is 5.86. The van der Waals surface area contributed by atoms with Crippen molar-refractivity contribution >= 4 is 39.1 Å². The number of nitrogens with zero attached hydrogens (tertiary/aromatic N) is 2. The highest BCUT2D eigenvalue weighted by Gasteiger charge is 2.28. The van der Waals surface area contributed by atoms with Crippen LogP contribution < -0.4 is 9.62 Å². The lowest BCUT2D eigenvalue weighted by molar-refractivity contribution is -0.141. The van der Waals surface area contributed by atoms with Crippen LogP contribution in [0.4, 0.5) is 5.69 Å². The summed E-state index contributed by atoms with van der Waals surface area (Å²) >= 11 is 6.00. The molecule has 2 aromatic carbocycles. The van der Waals surface area contributed by atoms with Crippen molar-refractivity contribution in [2.75, 3.05) is 17.1 Å². The van der Waals surface area contributed by atoms with Crippen LogP contribution in [0.5, 0.6) is 0 Å². The lowest BCUT2D eigenvalue weighted by atomic mass is 10.1. The Morgan fingerprint density at radius 3 is 2.17 bits per heavy atom. The normalized spacial score (nSPS) is 12.7. The van der Waals surface area contributed by atoms with E-state index < -0.39 is 21.6 Å². The quantitative estimate of drug-likeness (QED) is 0.472. The van der Waals surface area contributed by atoms with Gasteiger partial charge in [-0.2, -0.15) is 0 Å². The summed E-state index contributed by atoms with van der Waals surface area (Å²) in [7, 11) is -3.54. The van der Waals surface area contributed by atoms with Crippen LogP contribution in [0, 0.1) is 13.8 Å². The molecule has 2 aromatic rings. The second-order valence-corrected chi connectivity index (χ2v) is 12.6. The average Bonchev–Trinajstić information content (AvgIpc) is 2.75. The molecule has 0 saturated heterocycles. The van der Waals surface area contributed by atoms with Gasteiger partial charge in [-0.05, 0) is 88.9 Å². The van der Waals surface area contributed by atoms with Crippen molar-refractivity contribution in [3.05, 3.63) is 64.2 Å². The monoisotopic (exact) mass is 535 g/mol. The Morgan fingerprint density at radius 1 is 1.03 bits per heavy atom. The van der Waals surface area contributed by atoms with Gasteiger partial charge in [0.05, 0.1) is 11.9 Å². The summed E-state index contributed by atoms with van der Waals surface area (Å²) in [5.74, 6) is -0.479. The molecule has 0 aromatic heterocycles. The van der Waals surface area contributed by atoms with Crippen LogP contribution in [0.3, 0.4) is 0 Å². The molecule has 0 aliphatic heterocycles. The molecule has 0 aliphatic carbocycles. The third-order valence-corrected chi connectivity index (χ3v) is 7.31. The van der Waals surface area contributed by atoms with Crippen molar-refractivity contribution in [1.82, 2.24) is 10.2 Å². The summed E-state index contributed by atoms with van der Waals surface area (Å²) < 4.78 is 26.3. The molecule has 1 N–H and O–H groups in total. The molecule has 2 amide bonds. The van der Waals surface area contributed by atoms with E-state index in [0.717, 1.165) is 22.9 Å². The first kappa shape index (κ1) is 29.6. The molecule has 0 fully saturated rings. The molecule has 9 heteroatoms. The molecule has 36 heavy (non-hydrogen) atoms. The highest BCUT2D eigenvalue weighted by Crippen LogP contribution is 2.22. The molecule has 1 unspecified atom stereocenters. The molecule has 1 atom stereocenters. The maximum atomic E-state index is 13.3. The van der Waals surface area contributed by atoms with E-state index in [4.69, 9.17) is 11.6 Å². The number of hydrogen-bond donors (Lipinski definition) is 1. The van der Waals surface area contributed by atoms with Crippen LogP contribution in [-0.4, -0.2) is 49.5 Å². The molecule has 0 spiro atoms. The van der Waals surface area contributed by atoms with E-state index in [2.05, 4.69) is 5.32 Å². The summed E-state index contributed by atoms with van der Waals surface area (Å²) in [6.45, 7) is 11.6. The Morgan fingerprint density at radius 2 is 1.64 bits per heavy atom. The van der Waals surface area contributed by atoms with E-state index in [9.17, 15) is 18.0 Å². The molecule has 0 radical (unpaired) electrons. The number of benzene rings is 2. The second kappa shape index (κ2) is 12.1.